The Morgan fingerprint density at radius 1 is 1.45 bits per heavy atom. The molecule has 1 unspecified atom stereocenters. The minimum absolute atomic E-state index is 0.173. The molecule has 0 saturated carbocycles. The van der Waals surface area contributed by atoms with E-state index in [0.29, 0.717) is 0 Å². The largest absolute Gasteiger partial charge is 0.368 e. The molecule has 1 atom stereocenters. The van der Waals surface area contributed by atoms with E-state index in [1.807, 2.05) is 10.6 Å². The third-order valence-corrected chi connectivity index (χ3v) is 4.20. The van der Waals surface area contributed by atoms with Gasteiger partial charge in [-0.2, -0.15) is 9.61 Å². The summed E-state index contributed by atoms with van der Waals surface area (Å²) in [6, 6.07) is 4.21. The molecule has 0 bridgehead atoms. The molecule has 1 fully saturated rings. The third-order valence-electron chi connectivity index (χ3n) is 3.48. The normalized spacial score (nSPS) is 22.4. The fourth-order valence-electron chi connectivity index (χ4n) is 2.81. The number of fused-ring (bicyclic) bond motifs is 1. The summed E-state index contributed by atoms with van der Waals surface area (Å²) in [5.41, 5.74) is 1.91. The van der Waals surface area contributed by atoms with Crippen molar-refractivity contribution in [2.45, 2.75) is 32.5 Å². The smallest absolute Gasteiger partial charge is 0.157 e. The van der Waals surface area contributed by atoms with Crippen molar-refractivity contribution >= 4 is 27.4 Å². The van der Waals surface area contributed by atoms with Crippen LogP contribution in [-0.2, 0) is 4.74 Å². The van der Waals surface area contributed by atoms with Gasteiger partial charge >= 0.3 is 0 Å². The number of alkyl halides is 1. The number of anilines is 1. The van der Waals surface area contributed by atoms with Crippen LogP contribution in [0.3, 0.4) is 0 Å². The first-order valence-corrected chi connectivity index (χ1v) is 7.90. The number of pyridine rings is 1. The second-order valence-electron chi connectivity index (χ2n) is 5.96. The van der Waals surface area contributed by atoms with Crippen molar-refractivity contribution in [3.63, 3.8) is 0 Å². The molecule has 1 aliphatic rings. The van der Waals surface area contributed by atoms with Crippen molar-refractivity contribution in [3.05, 3.63) is 24.0 Å². The van der Waals surface area contributed by atoms with Crippen molar-refractivity contribution < 1.29 is 4.74 Å². The third kappa shape index (κ3) is 2.54. The summed E-state index contributed by atoms with van der Waals surface area (Å²) in [6.45, 7) is 8.04. The number of aryl methyl sites for hydroxylation is 1. The minimum Gasteiger partial charge on any atom is -0.368 e. The molecule has 0 aliphatic carbocycles. The maximum absolute atomic E-state index is 6.06. The molecule has 3 heterocycles. The average molecular weight is 339 g/mol. The van der Waals surface area contributed by atoms with Crippen molar-refractivity contribution in [2.75, 3.05) is 23.3 Å². The molecule has 0 amide bonds. The topological polar surface area (TPSA) is 42.7 Å². The van der Waals surface area contributed by atoms with Crippen LogP contribution in [0.5, 0.6) is 0 Å². The summed E-state index contributed by atoms with van der Waals surface area (Å²) >= 11 is 3.53. The quantitative estimate of drug-likeness (QED) is 0.788. The molecule has 1 saturated heterocycles. The molecule has 0 spiro atoms. The van der Waals surface area contributed by atoms with Gasteiger partial charge in [0.15, 0.2) is 5.65 Å². The Balaban J connectivity index is 2.03. The molecule has 6 heteroatoms. The van der Waals surface area contributed by atoms with Crippen molar-refractivity contribution in [3.8, 4) is 0 Å². The van der Waals surface area contributed by atoms with Gasteiger partial charge in [0.05, 0.1) is 11.7 Å². The van der Waals surface area contributed by atoms with E-state index in [0.717, 1.165) is 29.9 Å². The minimum atomic E-state index is -0.173. The van der Waals surface area contributed by atoms with E-state index in [9.17, 15) is 0 Å². The lowest BCUT2D eigenvalue weighted by atomic mass is 10.1. The van der Waals surface area contributed by atoms with Crippen LogP contribution in [0.25, 0.3) is 5.65 Å². The SMILES string of the molecule is Cc1cc(N2CC(CBr)OC(C)(C)C2)n2ncnc2c1. The van der Waals surface area contributed by atoms with E-state index < -0.39 is 0 Å². The number of halogens is 1. The van der Waals surface area contributed by atoms with Gasteiger partial charge < -0.3 is 9.64 Å². The molecule has 0 radical (unpaired) electrons. The number of hydrogen-bond acceptors (Lipinski definition) is 4. The number of nitrogens with zero attached hydrogens (tertiary/aromatic N) is 4. The Morgan fingerprint density at radius 2 is 2.25 bits per heavy atom. The lowest BCUT2D eigenvalue weighted by molar-refractivity contribution is -0.0726. The van der Waals surface area contributed by atoms with E-state index in [1.54, 1.807) is 6.33 Å². The maximum atomic E-state index is 6.06. The van der Waals surface area contributed by atoms with Crippen molar-refractivity contribution in [1.82, 2.24) is 14.6 Å². The predicted molar refractivity (Wildman–Crippen MR) is 82.7 cm³/mol. The maximum Gasteiger partial charge on any atom is 0.157 e. The average Bonchev–Trinajstić information content (AvgIpc) is 2.83. The van der Waals surface area contributed by atoms with Crippen LogP contribution < -0.4 is 4.90 Å². The zero-order valence-corrected chi connectivity index (χ0v) is 13.6. The Hall–Kier alpha value is -1.14. The monoisotopic (exact) mass is 338 g/mol. The van der Waals surface area contributed by atoms with Gasteiger partial charge in [0, 0.05) is 18.4 Å². The van der Waals surface area contributed by atoms with Gasteiger partial charge in [0.25, 0.3) is 0 Å². The van der Waals surface area contributed by atoms with E-state index in [1.165, 1.54) is 5.56 Å². The fourth-order valence-corrected chi connectivity index (χ4v) is 3.15. The highest BCUT2D eigenvalue weighted by molar-refractivity contribution is 9.09. The molecule has 0 aromatic carbocycles. The molecule has 20 heavy (non-hydrogen) atoms. The number of rotatable bonds is 2. The molecule has 1 aliphatic heterocycles. The number of aromatic nitrogens is 3. The van der Waals surface area contributed by atoms with Gasteiger partial charge in [-0.1, -0.05) is 15.9 Å². The molecule has 2 aromatic heterocycles. The molecular weight excluding hydrogens is 320 g/mol. The molecule has 0 N–H and O–H groups in total. The van der Waals surface area contributed by atoms with Crippen LogP contribution in [0.15, 0.2) is 18.5 Å². The summed E-state index contributed by atoms with van der Waals surface area (Å²) in [7, 11) is 0. The van der Waals surface area contributed by atoms with Gasteiger partial charge in [-0.3, -0.25) is 0 Å². The van der Waals surface area contributed by atoms with Crippen LogP contribution in [-0.4, -0.2) is 44.7 Å². The van der Waals surface area contributed by atoms with E-state index in [2.05, 4.69) is 57.8 Å². The zero-order chi connectivity index (χ0) is 14.3. The molecule has 5 nitrogen and oxygen atoms in total. The van der Waals surface area contributed by atoms with E-state index in [4.69, 9.17) is 4.74 Å². The molecular formula is C14H19BrN4O. The first-order chi connectivity index (χ1) is 9.48. The second kappa shape index (κ2) is 5.00. The number of ether oxygens (including phenoxy) is 1. The number of hydrogen-bond donors (Lipinski definition) is 0. The Morgan fingerprint density at radius 3 is 3.00 bits per heavy atom. The first-order valence-electron chi connectivity index (χ1n) is 6.78. The van der Waals surface area contributed by atoms with E-state index in [-0.39, 0.29) is 11.7 Å². The van der Waals surface area contributed by atoms with Gasteiger partial charge in [0.1, 0.15) is 12.1 Å². The van der Waals surface area contributed by atoms with Crippen LogP contribution >= 0.6 is 15.9 Å². The highest BCUT2D eigenvalue weighted by Gasteiger charge is 2.34. The van der Waals surface area contributed by atoms with Crippen LogP contribution in [0.4, 0.5) is 5.82 Å². The van der Waals surface area contributed by atoms with Crippen LogP contribution in [0, 0.1) is 6.92 Å². The Kier molecular flexibility index (Phi) is 3.46. The van der Waals surface area contributed by atoms with Crippen molar-refractivity contribution in [2.24, 2.45) is 0 Å². The summed E-state index contributed by atoms with van der Waals surface area (Å²) in [5, 5.41) is 5.18. The number of morpholine rings is 1. The predicted octanol–water partition coefficient (Wildman–Crippen LogP) is 2.42. The van der Waals surface area contributed by atoms with Crippen LogP contribution in [0.2, 0.25) is 0 Å². The Labute approximate surface area is 127 Å². The standard InChI is InChI=1S/C14H19BrN4O/c1-10-4-12-16-9-17-19(12)13(5-10)18-7-11(6-15)20-14(2,3)8-18/h4-5,9,11H,6-8H2,1-3H3. The lowest BCUT2D eigenvalue weighted by Gasteiger charge is -2.43. The summed E-state index contributed by atoms with van der Waals surface area (Å²) in [4.78, 5) is 6.63. The first kappa shape index (κ1) is 13.8. The highest BCUT2D eigenvalue weighted by atomic mass is 79.9. The van der Waals surface area contributed by atoms with E-state index >= 15 is 0 Å². The molecule has 2 aromatic rings. The molecule has 3 rings (SSSR count). The van der Waals surface area contributed by atoms with Gasteiger partial charge in [-0.15, -0.1) is 0 Å². The summed E-state index contributed by atoms with van der Waals surface area (Å²) in [6.07, 6.45) is 1.78. The molecule has 108 valence electrons. The Bertz CT molecular complexity index is 625. The summed E-state index contributed by atoms with van der Waals surface area (Å²) < 4.78 is 7.97. The fraction of sp³-hybridized carbons (Fsp3) is 0.571. The van der Waals surface area contributed by atoms with Gasteiger partial charge in [-0.05, 0) is 38.5 Å². The second-order valence-corrected chi connectivity index (χ2v) is 6.60. The highest BCUT2D eigenvalue weighted by Crippen LogP contribution is 2.27. The lowest BCUT2D eigenvalue weighted by Crippen LogP contribution is -2.54. The zero-order valence-electron chi connectivity index (χ0n) is 12.0. The summed E-state index contributed by atoms with van der Waals surface area (Å²) in [5.74, 6) is 1.08. The van der Waals surface area contributed by atoms with Crippen molar-refractivity contribution in [1.29, 1.82) is 0 Å². The van der Waals surface area contributed by atoms with Gasteiger partial charge in [-0.25, -0.2) is 4.98 Å². The van der Waals surface area contributed by atoms with Gasteiger partial charge in [0.2, 0.25) is 0 Å². The van der Waals surface area contributed by atoms with Crippen LogP contribution in [0.1, 0.15) is 19.4 Å².